The molecule has 0 aromatic rings. The molecule has 0 aromatic carbocycles. The molecule has 0 atom stereocenters. The van der Waals surface area contributed by atoms with Crippen LogP contribution in [0, 0.1) is 0 Å². The molecule has 4 nitrogen and oxygen atoms in total. The molecule has 0 spiro atoms. The number of quaternary nitrogens is 1. The quantitative estimate of drug-likeness (QED) is 0.113. The van der Waals surface area contributed by atoms with Crippen molar-refractivity contribution in [1.82, 2.24) is 0 Å². The van der Waals surface area contributed by atoms with Crippen LogP contribution in [0.3, 0.4) is 0 Å². The normalized spacial score (nSPS) is 11.0. The lowest BCUT2D eigenvalue weighted by Crippen LogP contribution is -2.50. The van der Waals surface area contributed by atoms with Gasteiger partial charge in [0.05, 0.1) is 26.2 Å². The summed E-state index contributed by atoms with van der Waals surface area (Å²) >= 11 is 0. The minimum absolute atomic E-state index is 1.36. The van der Waals surface area contributed by atoms with Crippen LogP contribution in [0.15, 0.2) is 5.22 Å². The number of nitrogens with two attached hydrogens (primary N) is 1. The maximum Gasteiger partial charge on any atom is 0.0786 e. The molecular weight excluding hydrogens is 296 g/mol. The Bertz CT molecular complexity index is 198. The number of rotatable bonds is 16. The van der Waals surface area contributed by atoms with Crippen molar-refractivity contribution < 1.29 is 4.48 Å². The molecule has 0 bridgehead atoms. The molecule has 0 aliphatic rings. The van der Waals surface area contributed by atoms with Gasteiger partial charge >= 0.3 is 0 Å². The summed E-state index contributed by atoms with van der Waals surface area (Å²) < 4.78 is 1.44. The van der Waals surface area contributed by atoms with E-state index in [1.807, 2.05) is 5.22 Å². The molecule has 0 saturated carbocycles. The van der Waals surface area contributed by atoms with Crippen molar-refractivity contribution in [3.05, 3.63) is 5.53 Å². The first-order valence-corrected chi connectivity index (χ1v) is 10.6. The molecule has 0 aromatic heterocycles. The van der Waals surface area contributed by atoms with E-state index in [1.165, 1.54) is 108 Å². The molecule has 0 aliphatic carbocycles. The van der Waals surface area contributed by atoms with Gasteiger partial charge in [0, 0.05) is 0 Å². The van der Waals surface area contributed by atoms with E-state index < -0.39 is 0 Å². The average molecular weight is 343 g/mol. The Morgan fingerprint density at radius 1 is 0.583 bits per heavy atom. The van der Waals surface area contributed by atoms with Gasteiger partial charge in [-0.05, 0) is 51.4 Å². The van der Waals surface area contributed by atoms with E-state index in [9.17, 15) is 0 Å². The van der Waals surface area contributed by atoms with Gasteiger partial charge in [-0.2, -0.15) is 0 Å². The second-order valence-corrected chi connectivity index (χ2v) is 7.18. The van der Waals surface area contributed by atoms with Gasteiger partial charge in [-0.1, -0.05) is 53.4 Å². The first-order chi connectivity index (χ1) is 11.7. The van der Waals surface area contributed by atoms with Gasteiger partial charge in [0.2, 0.25) is 0 Å². The number of hydrogen-bond donors (Lipinski definition) is 1. The van der Waals surface area contributed by atoms with Crippen molar-refractivity contribution in [3.63, 3.8) is 0 Å². The first kappa shape index (κ1) is 25.6. The van der Waals surface area contributed by atoms with Gasteiger partial charge in [0.15, 0.2) is 0 Å². The van der Waals surface area contributed by atoms with Gasteiger partial charge in [0.25, 0.3) is 0 Å². The summed E-state index contributed by atoms with van der Waals surface area (Å²) in [6, 6.07) is 0. The van der Waals surface area contributed by atoms with Crippen LogP contribution in [0.2, 0.25) is 0 Å². The zero-order valence-corrected chi connectivity index (χ0v) is 17.2. The van der Waals surface area contributed by atoms with Gasteiger partial charge in [0.1, 0.15) is 0 Å². The number of unbranched alkanes of at least 4 members (excludes halogenated alkanes) is 8. The molecule has 0 radical (unpaired) electrons. The summed E-state index contributed by atoms with van der Waals surface area (Å²) in [6.07, 6.45) is 16.9. The Balaban J connectivity index is 0. The van der Waals surface area contributed by atoms with Crippen LogP contribution in [0.25, 0.3) is 5.53 Å². The Labute approximate surface area is 152 Å². The Morgan fingerprint density at radius 2 is 0.792 bits per heavy atom. The van der Waals surface area contributed by atoms with E-state index in [2.05, 4.69) is 33.5 Å². The van der Waals surface area contributed by atoms with E-state index >= 15 is 0 Å². The lowest BCUT2D eigenvalue weighted by Gasteiger charge is -2.39. The first-order valence-electron chi connectivity index (χ1n) is 10.6. The van der Waals surface area contributed by atoms with E-state index in [-0.39, 0.29) is 0 Å². The monoisotopic (exact) mass is 342 g/mol. The molecule has 0 saturated heterocycles. The zero-order chi connectivity index (χ0) is 18.5. The smallest absolute Gasteiger partial charge is 0.0786 e. The lowest BCUT2D eigenvalue weighted by molar-refractivity contribution is -0.929. The van der Waals surface area contributed by atoms with E-state index in [1.54, 1.807) is 0 Å². The summed E-state index contributed by atoms with van der Waals surface area (Å²) in [5.41, 5.74) is 6.97. The fourth-order valence-electron chi connectivity index (χ4n) is 3.46. The largest absolute Gasteiger partial charge is 0.427 e. The Morgan fingerprint density at radius 3 is 0.958 bits per heavy atom. The van der Waals surface area contributed by atoms with Crippen molar-refractivity contribution in [3.8, 4) is 0 Å². The third-order valence-electron chi connectivity index (χ3n) is 4.94. The van der Waals surface area contributed by atoms with Crippen molar-refractivity contribution >= 4 is 0 Å². The van der Waals surface area contributed by atoms with Gasteiger partial charge in [-0.15, -0.1) is 0 Å². The van der Waals surface area contributed by atoms with Crippen molar-refractivity contribution in [2.75, 3.05) is 26.2 Å². The highest BCUT2D eigenvalue weighted by molar-refractivity contribution is 4.51. The topological polar surface area (TPSA) is 60.7 Å². The van der Waals surface area contributed by atoms with E-state index in [0.29, 0.717) is 0 Å². The molecule has 24 heavy (non-hydrogen) atoms. The summed E-state index contributed by atoms with van der Waals surface area (Å²) in [5, 5.41) is 2.00. The minimum Gasteiger partial charge on any atom is -0.427 e. The van der Waals surface area contributed by atoms with Crippen LogP contribution in [0.4, 0.5) is 0 Å². The summed E-state index contributed by atoms with van der Waals surface area (Å²) in [7, 11) is 0. The molecule has 0 rings (SSSR count). The SMILES string of the molecule is CCCCC[N+](CCCCC)(CCCCC)CCCCC.[N-]=NN. The molecule has 2 N–H and O–H groups in total. The average Bonchev–Trinajstić information content (AvgIpc) is 2.56. The summed E-state index contributed by atoms with van der Waals surface area (Å²) in [4.78, 5) is 0. The van der Waals surface area contributed by atoms with Crippen LogP contribution in [-0.4, -0.2) is 30.7 Å². The number of hydrogen-bond acceptors (Lipinski definition) is 1. The summed E-state index contributed by atoms with van der Waals surface area (Å²) in [6.45, 7) is 15.1. The van der Waals surface area contributed by atoms with Crippen LogP contribution in [-0.2, 0) is 0 Å². The van der Waals surface area contributed by atoms with Crippen LogP contribution < -0.4 is 5.84 Å². The minimum atomic E-state index is 1.36. The predicted molar refractivity (Wildman–Crippen MR) is 108 cm³/mol. The zero-order valence-electron chi connectivity index (χ0n) is 17.2. The Hall–Kier alpha value is -0.640. The number of nitrogens with zero attached hydrogens (tertiary/aromatic N) is 3. The third kappa shape index (κ3) is 16.2. The van der Waals surface area contributed by atoms with Crippen LogP contribution >= 0.6 is 0 Å². The maximum absolute atomic E-state index is 6.97. The van der Waals surface area contributed by atoms with Gasteiger partial charge in [-0.25, -0.2) is 0 Å². The molecule has 146 valence electrons. The summed E-state index contributed by atoms with van der Waals surface area (Å²) in [5.74, 6) is 4.03. The Kier molecular flexibility index (Phi) is 21.8. The second-order valence-electron chi connectivity index (χ2n) is 7.18. The van der Waals surface area contributed by atoms with Gasteiger partial charge in [-0.3, -0.25) is 5.22 Å². The molecule has 4 heteroatoms. The lowest BCUT2D eigenvalue weighted by atomic mass is 10.1. The van der Waals surface area contributed by atoms with Gasteiger partial charge < -0.3 is 15.9 Å². The molecule has 0 fully saturated rings. The molecular formula is C20H46N4. The van der Waals surface area contributed by atoms with Crippen molar-refractivity contribution in [2.45, 2.75) is 105 Å². The fraction of sp³-hybridized carbons (Fsp3) is 1.00. The van der Waals surface area contributed by atoms with E-state index in [4.69, 9.17) is 5.53 Å². The molecule has 0 amide bonds. The fourth-order valence-corrected chi connectivity index (χ4v) is 3.46. The molecule has 0 aliphatic heterocycles. The predicted octanol–water partition coefficient (Wildman–Crippen LogP) is 6.45. The standard InChI is InChI=1S/C20H44N.H2N3/c1-5-9-13-17-21(18-14-10-6-2,19-15-11-7-3)20-16-12-8-4;1-3-2/h5-20H2,1-4H3;(H2-,1,2)/q+1;-1. The maximum atomic E-state index is 6.97. The third-order valence-corrected chi connectivity index (χ3v) is 4.94. The molecule has 0 heterocycles. The highest BCUT2D eigenvalue weighted by Crippen LogP contribution is 2.18. The molecule has 0 unspecified atom stereocenters. The van der Waals surface area contributed by atoms with Crippen molar-refractivity contribution in [1.29, 1.82) is 0 Å². The van der Waals surface area contributed by atoms with Crippen molar-refractivity contribution in [2.24, 2.45) is 11.1 Å². The van der Waals surface area contributed by atoms with E-state index in [0.717, 1.165) is 0 Å². The highest BCUT2D eigenvalue weighted by Gasteiger charge is 2.25. The highest BCUT2D eigenvalue weighted by atomic mass is 15.3. The van der Waals surface area contributed by atoms with Crippen LogP contribution in [0.1, 0.15) is 105 Å². The van der Waals surface area contributed by atoms with Crippen LogP contribution in [0.5, 0.6) is 0 Å². The second kappa shape index (κ2) is 20.4.